The van der Waals surface area contributed by atoms with Crippen LogP contribution in [0.3, 0.4) is 0 Å². The van der Waals surface area contributed by atoms with E-state index >= 15 is 0 Å². The Morgan fingerprint density at radius 3 is 2.09 bits per heavy atom. The van der Waals surface area contributed by atoms with Gasteiger partial charge in [-0.25, -0.2) is 4.98 Å². The third kappa shape index (κ3) is 3.69. The number of anilines is 2. The van der Waals surface area contributed by atoms with Crippen molar-refractivity contribution in [3.63, 3.8) is 0 Å². The first-order valence-corrected chi connectivity index (χ1v) is 7.29. The zero-order chi connectivity index (χ0) is 15.9. The van der Waals surface area contributed by atoms with Gasteiger partial charge in [0.15, 0.2) is 0 Å². The minimum absolute atomic E-state index is 0.349. The average Bonchev–Trinajstić information content (AvgIpc) is 2.55. The molecule has 22 heavy (non-hydrogen) atoms. The number of rotatable bonds is 4. The number of hydrogen-bond acceptors (Lipinski definition) is 3. The molecule has 0 bridgehead atoms. The molecule has 0 atom stereocenters. The molecule has 0 fully saturated rings. The van der Waals surface area contributed by atoms with Crippen molar-refractivity contribution in [2.45, 2.75) is 26.7 Å². The highest BCUT2D eigenvalue weighted by Crippen LogP contribution is 2.22. The summed E-state index contributed by atoms with van der Waals surface area (Å²) in [6.45, 7) is 4.02. The molecule has 114 valence electrons. The number of aryl methyl sites for hydroxylation is 2. The largest absolute Gasteiger partial charge is 0.317 e. The van der Waals surface area contributed by atoms with Crippen LogP contribution in [0.25, 0.3) is 0 Å². The van der Waals surface area contributed by atoms with Gasteiger partial charge in [-0.3, -0.25) is 9.59 Å². The molecule has 5 heteroatoms. The predicted molar refractivity (Wildman–Crippen MR) is 86.7 cm³/mol. The van der Waals surface area contributed by atoms with Gasteiger partial charge >= 0.3 is 11.8 Å². The monoisotopic (exact) mass is 297 g/mol. The van der Waals surface area contributed by atoms with E-state index < -0.39 is 11.8 Å². The fourth-order valence-corrected chi connectivity index (χ4v) is 2.18. The van der Waals surface area contributed by atoms with Crippen LogP contribution in [0, 0.1) is 0 Å². The van der Waals surface area contributed by atoms with Crippen molar-refractivity contribution in [3.8, 4) is 0 Å². The highest BCUT2D eigenvalue weighted by atomic mass is 16.2. The maximum Gasteiger partial charge on any atom is 0.315 e. The number of nitrogens with zero attached hydrogens (tertiary/aromatic N) is 1. The number of benzene rings is 1. The zero-order valence-electron chi connectivity index (χ0n) is 12.7. The van der Waals surface area contributed by atoms with E-state index in [0.29, 0.717) is 5.82 Å². The van der Waals surface area contributed by atoms with E-state index in [2.05, 4.69) is 15.6 Å². The van der Waals surface area contributed by atoms with Gasteiger partial charge in [-0.15, -0.1) is 0 Å². The lowest BCUT2D eigenvalue weighted by molar-refractivity contribution is -0.133. The molecular formula is C17H19N3O2. The van der Waals surface area contributed by atoms with Crippen molar-refractivity contribution in [2.24, 2.45) is 0 Å². The number of pyridine rings is 1. The Balaban J connectivity index is 2.13. The van der Waals surface area contributed by atoms with Crippen molar-refractivity contribution < 1.29 is 9.59 Å². The number of hydrogen-bond donors (Lipinski definition) is 2. The highest BCUT2D eigenvalue weighted by molar-refractivity contribution is 6.43. The summed E-state index contributed by atoms with van der Waals surface area (Å²) in [4.78, 5) is 28.0. The maximum atomic E-state index is 12.1. The fourth-order valence-electron chi connectivity index (χ4n) is 2.18. The summed E-state index contributed by atoms with van der Waals surface area (Å²) in [5.41, 5.74) is 2.75. The van der Waals surface area contributed by atoms with Crippen molar-refractivity contribution in [1.82, 2.24) is 4.98 Å². The van der Waals surface area contributed by atoms with Crippen LogP contribution in [0.4, 0.5) is 11.5 Å². The Kier molecular flexibility index (Phi) is 5.25. The summed E-state index contributed by atoms with van der Waals surface area (Å²) in [5.74, 6) is -1.07. The first-order chi connectivity index (χ1) is 10.7. The summed E-state index contributed by atoms with van der Waals surface area (Å²) >= 11 is 0. The molecular weight excluding hydrogens is 278 g/mol. The second kappa shape index (κ2) is 7.36. The molecule has 0 radical (unpaired) electrons. The third-order valence-corrected chi connectivity index (χ3v) is 3.35. The third-order valence-electron chi connectivity index (χ3n) is 3.35. The molecule has 2 amide bonds. The lowest BCUT2D eigenvalue weighted by Crippen LogP contribution is -2.30. The van der Waals surface area contributed by atoms with E-state index in [4.69, 9.17) is 0 Å². The first-order valence-electron chi connectivity index (χ1n) is 7.29. The molecule has 2 aromatic rings. The minimum Gasteiger partial charge on any atom is -0.317 e. The van der Waals surface area contributed by atoms with Gasteiger partial charge < -0.3 is 10.6 Å². The van der Waals surface area contributed by atoms with Gasteiger partial charge in [0.2, 0.25) is 0 Å². The van der Waals surface area contributed by atoms with Crippen molar-refractivity contribution >= 4 is 23.3 Å². The molecule has 2 rings (SSSR count). The summed E-state index contributed by atoms with van der Waals surface area (Å²) < 4.78 is 0. The molecule has 5 nitrogen and oxygen atoms in total. The quantitative estimate of drug-likeness (QED) is 0.852. The van der Waals surface area contributed by atoms with Crippen LogP contribution in [0.15, 0.2) is 42.6 Å². The van der Waals surface area contributed by atoms with E-state index in [-0.39, 0.29) is 0 Å². The number of para-hydroxylation sites is 1. The Hall–Kier alpha value is -2.69. The summed E-state index contributed by atoms with van der Waals surface area (Å²) in [7, 11) is 0. The summed E-state index contributed by atoms with van der Waals surface area (Å²) in [5, 5.41) is 5.20. The van der Waals surface area contributed by atoms with Gasteiger partial charge in [0.1, 0.15) is 5.82 Å². The topological polar surface area (TPSA) is 71.1 Å². The molecule has 2 N–H and O–H groups in total. The molecule has 0 aliphatic rings. The lowest BCUT2D eigenvalue weighted by Gasteiger charge is -2.14. The van der Waals surface area contributed by atoms with Gasteiger partial charge in [-0.1, -0.05) is 38.1 Å². The maximum absolute atomic E-state index is 12.1. The molecule has 0 spiro atoms. The number of carbonyl (C=O) groups excluding carboxylic acids is 2. The second-order valence-corrected chi connectivity index (χ2v) is 4.78. The van der Waals surface area contributed by atoms with Gasteiger partial charge in [0.05, 0.1) is 0 Å². The van der Waals surface area contributed by atoms with Crippen LogP contribution in [-0.4, -0.2) is 16.8 Å². The molecule has 0 saturated carbocycles. The minimum atomic E-state index is -0.730. The Morgan fingerprint density at radius 1 is 0.909 bits per heavy atom. The van der Waals surface area contributed by atoms with Gasteiger partial charge in [-0.2, -0.15) is 0 Å². The van der Waals surface area contributed by atoms with E-state index in [0.717, 1.165) is 29.7 Å². The Bertz CT molecular complexity index is 647. The molecule has 1 aromatic carbocycles. The highest BCUT2D eigenvalue weighted by Gasteiger charge is 2.17. The second-order valence-electron chi connectivity index (χ2n) is 4.78. The van der Waals surface area contributed by atoms with Gasteiger partial charge in [-0.05, 0) is 36.1 Å². The van der Waals surface area contributed by atoms with E-state index in [1.54, 1.807) is 24.4 Å². The molecule has 0 unspecified atom stereocenters. The first kappa shape index (κ1) is 15.7. The van der Waals surface area contributed by atoms with E-state index in [9.17, 15) is 9.59 Å². The number of aromatic nitrogens is 1. The van der Waals surface area contributed by atoms with Crippen molar-refractivity contribution in [1.29, 1.82) is 0 Å². The molecule has 1 heterocycles. The molecule has 1 aromatic heterocycles. The van der Waals surface area contributed by atoms with Crippen molar-refractivity contribution in [2.75, 3.05) is 10.6 Å². The Morgan fingerprint density at radius 2 is 1.55 bits per heavy atom. The van der Waals surface area contributed by atoms with Gasteiger partial charge in [0, 0.05) is 11.9 Å². The predicted octanol–water partition coefficient (Wildman–Crippen LogP) is 2.78. The summed E-state index contributed by atoms with van der Waals surface area (Å²) in [6, 6.07) is 11.0. The molecule has 0 aliphatic carbocycles. The smallest absolute Gasteiger partial charge is 0.315 e. The van der Waals surface area contributed by atoms with Crippen LogP contribution < -0.4 is 10.6 Å². The van der Waals surface area contributed by atoms with Crippen LogP contribution in [-0.2, 0) is 22.4 Å². The lowest BCUT2D eigenvalue weighted by atomic mass is 10.0. The SMILES string of the molecule is CCc1cccc(CC)c1NC(=O)C(=O)Nc1ccccn1. The normalized spacial score (nSPS) is 10.1. The van der Waals surface area contributed by atoms with Crippen LogP contribution in [0.2, 0.25) is 0 Å². The standard InChI is InChI=1S/C17H19N3O2/c1-3-12-8-7-9-13(4-2)15(12)20-17(22)16(21)19-14-10-5-6-11-18-14/h5-11H,3-4H2,1-2H3,(H,20,22)(H,18,19,21). The molecule has 0 saturated heterocycles. The zero-order valence-corrected chi connectivity index (χ0v) is 12.7. The van der Waals surface area contributed by atoms with Crippen LogP contribution in [0.1, 0.15) is 25.0 Å². The van der Waals surface area contributed by atoms with Crippen LogP contribution >= 0.6 is 0 Å². The number of nitrogens with one attached hydrogen (secondary N) is 2. The number of carbonyl (C=O) groups is 2. The fraction of sp³-hybridized carbons (Fsp3) is 0.235. The van der Waals surface area contributed by atoms with E-state index in [1.807, 2.05) is 32.0 Å². The van der Waals surface area contributed by atoms with Crippen LogP contribution in [0.5, 0.6) is 0 Å². The molecule has 0 aliphatic heterocycles. The summed E-state index contributed by atoms with van der Waals surface area (Å²) in [6.07, 6.45) is 3.12. The van der Waals surface area contributed by atoms with E-state index in [1.165, 1.54) is 0 Å². The average molecular weight is 297 g/mol. The Labute approximate surface area is 129 Å². The van der Waals surface area contributed by atoms with Gasteiger partial charge in [0.25, 0.3) is 0 Å². The van der Waals surface area contributed by atoms with Crippen molar-refractivity contribution in [3.05, 3.63) is 53.7 Å². The number of amides is 2.